The lowest BCUT2D eigenvalue weighted by Crippen LogP contribution is -2.22. The first kappa shape index (κ1) is 19.0. The number of carbonyl (C=O) groups excluding carboxylic acids is 2. The molecule has 0 fully saturated rings. The van der Waals surface area contributed by atoms with Crippen LogP contribution in [0.3, 0.4) is 0 Å². The second-order valence-electron chi connectivity index (χ2n) is 5.93. The van der Waals surface area contributed by atoms with Gasteiger partial charge in [-0.05, 0) is 60.9 Å². The highest BCUT2D eigenvalue weighted by atomic mass is 35.5. The number of hydrogen-bond donors (Lipinski definition) is 3. The zero-order valence-corrected chi connectivity index (χ0v) is 15.1. The fourth-order valence-corrected chi connectivity index (χ4v) is 2.84. The van der Waals surface area contributed by atoms with Gasteiger partial charge in [0.2, 0.25) is 0 Å². The van der Waals surface area contributed by atoms with E-state index in [0.29, 0.717) is 23.4 Å². The van der Waals surface area contributed by atoms with Gasteiger partial charge in [0.15, 0.2) is 0 Å². The van der Waals surface area contributed by atoms with E-state index in [0.717, 1.165) is 18.7 Å². The van der Waals surface area contributed by atoms with Crippen LogP contribution >= 0.6 is 12.4 Å². The van der Waals surface area contributed by atoms with Crippen LogP contribution in [0.15, 0.2) is 36.4 Å². The van der Waals surface area contributed by atoms with Gasteiger partial charge in [-0.2, -0.15) is 0 Å². The molecule has 0 aliphatic carbocycles. The number of benzene rings is 2. The molecule has 0 saturated carbocycles. The SMILES string of the molecule is CCNC(=O)c1ccc(NC(=O)c2ccc3c(c2)CNC3)c(C)c1.Cl. The summed E-state index contributed by atoms with van der Waals surface area (Å²) in [5.74, 6) is -0.247. The average molecular weight is 360 g/mol. The van der Waals surface area contributed by atoms with Crippen LogP contribution in [0.1, 0.15) is 44.3 Å². The third kappa shape index (κ3) is 4.18. The van der Waals surface area contributed by atoms with Crippen LogP contribution in [-0.2, 0) is 13.1 Å². The number of anilines is 1. The maximum Gasteiger partial charge on any atom is 0.255 e. The summed E-state index contributed by atoms with van der Waals surface area (Å²) < 4.78 is 0. The quantitative estimate of drug-likeness (QED) is 0.785. The molecule has 1 aliphatic heterocycles. The standard InChI is InChI=1S/C19H21N3O2.ClH/c1-3-21-18(23)13-6-7-17(12(2)8-13)22-19(24)14-4-5-15-10-20-11-16(15)9-14;/h4-9,20H,3,10-11H2,1-2H3,(H,21,23)(H,22,24);1H. The Kier molecular flexibility index (Phi) is 6.17. The monoisotopic (exact) mass is 359 g/mol. The molecule has 1 aliphatic rings. The van der Waals surface area contributed by atoms with Crippen molar-refractivity contribution in [2.45, 2.75) is 26.9 Å². The van der Waals surface area contributed by atoms with Gasteiger partial charge in [-0.1, -0.05) is 6.07 Å². The van der Waals surface area contributed by atoms with E-state index < -0.39 is 0 Å². The second-order valence-corrected chi connectivity index (χ2v) is 5.93. The summed E-state index contributed by atoms with van der Waals surface area (Å²) in [4.78, 5) is 24.3. The van der Waals surface area contributed by atoms with E-state index in [1.165, 1.54) is 11.1 Å². The molecular formula is C19H22ClN3O2. The summed E-state index contributed by atoms with van der Waals surface area (Å²) in [7, 11) is 0. The van der Waals surface area contributed by atoms with Crippen molar-refractivity contribution < 1.29 is 9.59 Å². The highest BCUT2D eigenvalue weighted by Crippen LogP contribution is 2.20. The van der Waals surface area contributed by atoms with Crippen molar-refractivity contribution in [3.05, 3.63) is 64.2 Å². The molecular weight excluding hydrogens is 338 g/mol. The summed E-state index contributed by atoms with van der Waals surface area (Å²) in [6.07, 6.45) is 0. The first-order valence-corrected chi connectivity index (χ1v) is 8.11. The van der Waals surface area contributed by atoms with Gasteiger partial charge in [0.25, 0.3) is 11.8 Å². The molecule has 3 rings (SSSR count). The molecule has 0 aromatic heterocycles. The molecule has 0 unspecified atom stereocenters. The number of carbonyl (C=O) groups is 2. The molecule has 5 nitrogen and oxygen atoms in total. The topological polar surface area (TPSA) is 70.2 Å². The lowest BCUT2D eigenvalue weighted by Gasteiger charge is -2.11. The molecule has 0 saturated heterocycles. The highest BCUT2D eigenvalue weighted by Gasteiger charge is 2.14. The number of fused-ring (bicyclic) bond motifs is 1. The molecule has 2 aromatic carbocycles. The fraction of sp³-hybridized carbons (Fsp3) is 0.263. The van der Waals surface area contributed by atoms with E-state index >= 15 is 0 Å². The minimum Gasteiger partial charge on any atom is -0.352 e. The number of nitrogens with one attached hydrogen (secondary N) is 3. The largest absolute Gasteiger partial charge is 0.352 e. The lowest BCUT2D eigenvalue weighted by molar-refractivity contribution is 0.0955. The minimum atomic E-state index is -0.140. The summed E-state index contributed by atoms with van der Waals surface area (Å²) in [6.45, 7) is 6.01. The van der Waals surface area contributed by atoms with Crippen molar-refractivity contribution in [2.24, 2.45) is 0 Å². The van der Waals surface area contributed by atoms with Crippen LogP contribution in [0.4, 0.5) is 5.69 Å². The summed E-state index contributed by atoms with van der Waals surface area (Å²) in [6, 6.07) is 11.1. The van der Waals surface area contributed by atoms with Crippen molar-refractivity contribution in [1.29, 1.82) is 0 Å². The first-order valence-electron chi connectivity index (χ1n) is 8.11. The summed E-state index contributed by atoms with van der Waals surface area (Å²) in [5, 5.41) is 8.96. The van der Waals surface area contributed by atoms with Gasteiger partial charge in [0, 0.05) is 36.4 Å². The van der Waals surface area contributed by atoms with Crippen molar-refractivity contribution in [3.63, 3.8) is 0 Å². The van der Waals surface area contributed by atoms with Gasteiger partial charge in [-0.25, -0.2) is 0 Å². The Bertz CT molecular complexity index is 805. The fourth-order valence-electron chi connectivity index (χ4n) is 2.84. The normalized spacial score (nSPS) is 12.1. The van der Waals surface area contributed by atoms with Crippen LogP contribution in [0.2, 0.25) is 0 Å². The van der Waals surface area contributed by atoms with Crippen LogP contribution in [0.5, 0.6) is 0 Å². The number of rotatable bonds is 4. The van der Waals surface area contributed by atoms with E-state index in [-0.39, 0.29) is 24.2 Å². The maximum absolute atomic E-state index is 12.5. The Morgan fingerprint density at radius 1 is 1.00 bits per heavy atom. The predicted molar refractivity (Wildman–Crippen MR) is 101 cm³/mol. The number of hydrogen-bond acceptors (Lipinski definition) is 3. The van der Waals surface area contributed by atoms with Gasteiger partial charge >= 0.3 is 0 Å². The Morgan fingerprint density at radius 3 is 2.40 bits per heavy atom. The van der Waals surface area contributed by atoms with Crippen LogP contribution in [0, 0.1) is 6.92 Å². The zero-order valence-electron chi connectivity index (χ0n) is 14.3. The Balaban J connectivity index is 0.00000225. The van der Waals surface area contributed by atoms with Gasteiger partial charge in [0.1, 0.15) is 0 Å². The summed E-state index contributed by atoms with van der Waals surface area (Å²) >= 11 is 0. The first-order chi connectivity index (χ1) is 11.6. The van der Waals surface area contributed by atoms with E-state index in [2.05, 4.69) is 16.0 Å². The molecule has 0 radical (unpaired) electrons. The molecule has 3 N–H and O–H groups in total. The Morgan fingerprint density at radius 2 is 1.68 bits per heavy atom. The van der Waals surface area contributed by atoms with Crippen molar-refractivity contribution in [3.8, 4) is 0 Å². The lowest BCUT2D eigenvalue weighted by atomic mass is 10.1. The third-order valence-electron chi connectivity index (χ3n) is 4.17. The Labute approximate surface area is 153 Å². The highest BCUT2D eigenvalue weighted by molar-refractivity contribution is 6.05. The maximum atomic E-state index is 12.5. The van der Waals surface area contributed by atoms with Crippen molar-refractivity contribution in [2.75, 3.05) is 11.9 Å². The van der Waals surface area contributed by atoms with Crippen LogP contribution < -0.4 is 16.0 Å². The van der Waals surface area contributed by atoms with E-state index in [9.17, 15) is 9.59 Å². The van der Waals surface area contributed by atoms with Crippen LogP contribution in [-0.4, -0.2) is 18.4 Å². The van der Waals surface area contributed by atoms with Crippen molar-refractivity contribution >= 4 is 29.9 Å². The number of aryl methyl sites for hydroxylation is 1. The zero-order chi connectivity index (χ0) is 17.1. The molecule has 0 spiro atoms. The van der Waals surface area contributed by atoms with E-state index in [4.69, 9.17) is 0 Å². The van der Waals surface area contributed by atoms with E-state index in [1.807, 2.05) is 32.0 Å². The smallest absolute Gasteiger partial charge is 0.255 e. The number of amides is 2. The molecule has 6 heteroatoms. The minimum absolute atomic E-state index is 0. The third-order valence-corrected chi connectivity index (χ3v) is 4.17. The molecule has 2 amide bonds. The molecule has 1 heterocycles. The summed E-state index contributed by atoms with van der Waals surface area (Å²) in [5.41, 5.74) is 5.22. The molecule has 25 heavy (non-hydrogen) atoms. The molecule has 0 bridgehead atoms. The van der Waals surface area contributed by atoms with Gasteiger partial charge in [-0.3, -0.25) is 9.59 Å². The predicted octanol–water partition coefficient (Wildman–Crippen LogP) is 3.02. The Hall–Kier alpha value is -2.37. The van der Waals surface area contributed by atoms with E-state index in [1.54, 1.807) is 18.2 Å². The van der Waals surface area contributed by atoms with Crippen molar-refractivity contribution in [1.82, 2.24) is 10.6 Å². The number of halogens is 1. The van der Waals surface area contributed by atoms with Crippen LogP contribution in [0.25, 0.3) is 0 Å². The molecule has 2 aromatic rings. The molecule has 0 atom stereocenters. The van der Waals surface area contributed by atoms with Gasteiger partial charge in [-0.15, -0.1) is 12.4 Å². The van der Waals surface area contributed by atoms with Gasteiger partial charge < -0.3 is 16.0 Å². The average Bonchev–Trinajstić information content (AvgIpc) is 3.04. The second kappa shape index (κ2) is 8.14. The van der Waals surface area contributed by atoms with Gasteiger partial charge in [0.05, 0.1) is 0 Å². The molecule has 132 valence electrons.